The van der Waals surface area contributed by atoms with Gasteiger partial charge in [-0.3, -0.25) is 29.8 Å². The largest absolute Gasteiger partial charge is 0.466 e. The Labute approximate surface area is 127 Å². The molecule has 120 valence electrons. The minimum absolute atomic E-state index is 0.112. The molecule has 1 N–H and O–H groups in total. The normalized spacial score (nSPS) is 10.5. The van der Waals surface area contributed by atoms with E-state index >= 15 is 0 Å². The van der Waals surface area contributed by atoms with Crippen LogP contribution in [0.4, 0.5) is 11.4 Å². The van der Waals surface area contributed by atoms with Crippen LogP contribution in [0, 0.1) is 20.2 Å². The fourth-order valence-electron chi connectivity index (χ4n) is 1.91. The Morgan fingerprint density at radius 1 is 1.30 bits per heavy atom. The van der Waals surface area contributed by atoms with E-state index in [9.17, 15) is 29.8 Å². The summed E-state index contributed by atoms with van der Waals surface area (Å²) in [5.41, 5.74) is -2.66. The maximum Gasteiger partial charge on any atom is 0.312 e. The van der Waals surface area contributed by atoms with Crippen molar-refractivity contribution < 1.29 is 19.4 Å². The van der Waals surface area contributed by atoms with Gasteiger partial charge in [0.2, 0.25) is 0 Å². The molecule has 1 aromatic carbocycles. The number of rotatable bonds is 5. The number of nitrogens with zero attached hydrogens (tertiary/aromatic N) is 3. The first-order valence-corrected chi connectivity index (χ1v) is 6.34. The summed E-state index contributed by atoms with van der Waals surface area (Å²) < 4.78 is 4.69. The number of fused-ring (bicyclic) bond motifs is 1. The van der Waals surface area contributed by atoms with Crippen LogP contribution in [0.1, 0.15) is 12.6 Å². The van der Waals surface area contributed by atoms with Crippen LogP contribution in [-0.2, 0) is 16.0 Å². The number of H-pyrrole nitrogens is 1. The number of aromatic nitrogens is 2. The number of nitrogens with one attached hydrogen (secondary N) is 1. The van der Waals surface area contributed by atoms with E-state index in [0.29, 0.717) is 0 Å². The van der Waals surface area contributed by atoms with Gasteiger partial charge in [0.15, 0.2) is 0 Å². The molecule has 0 unspecified atom stereocenters. The van der Waals surface area contributed by atoms with Gasteiger partial charge in [0, 0.05) is 6.07 Å². The second-order valence-electron chi connectivity index (χ2n) is 4.37. The highest BCUT2D eigenvalue weighted by molar-refractivity contribution is 5.86. The van der Waals surface area contributed by atoms with Crippen LogP contribution in [0.3, 0.4) is 0 Å². The lowest BCUT2D eigenvalue weighted by molar-refractivity contribution is -0.393. The maximum atomic E-state index is 11.9. The summed E-state index contributed by atoms with van der Waals surface area (Å²) in [5, 5.41) is 21.9. The quantitative estimate of drug-likeness (QED) is 0.481. The molecule has 0 spiro atoms. The average molecular weight is 322 g/mol. The molecule has 2 rings (SSSR count). The molecule has 0 atom stereocenters. The summed E-state index contributed by atoms with van der Waals surface area (Å²) in [6.45, 7) is 1.70. The summed E-state index contributed by atoms with van der Waals surface area (Å²) in [5.74, 6) is -0.704. The van der Waals surface area contributed by atoms with Crippen molar-refractivity contribution in [2.24, 2.45) is 0 Å². The van der Waals surface area contributed by atoms with E-state index in [1.165, 1.54) is 0 Å². The van der Waals surface area contributed by atoms with Gasteiger partial charge in [-0.1, -0.05) is 0 Å². The second-order valence-corrected chi connectivity index (χ2v) is 4.37. The number of nitro benzene ring substituents is 2. The van der Waals surface area contributed by atoms with Gasteiger partial charge < -0.3 is 9.72 Å². The Morgan fingerprint density at radius 3 is 2.57 bits per heavy atom. The summed E-state index contributed by atoms with van der Waals surface area (Å²) in [6.07, 6.45) is -0.449. The summed E-state index contributed by atoms with van der Waals surface area (Å²) >= 11 is 0. The molecule has 0 aliphatic rings. The molecule has 0 saturated carbocycles. The molecule has 0 aliphatic heterocycles. The summed E-state index contributed by atoms with van der Waals surface area (Å²) in [7, 11) is 0. The molecule has 0 amide bonds. The number of benzene rings is 1. The fourth-order valence-corrected chi connectivity index (χ4v) is 1.91. The molecule has 1 heterocycles. The summed E-state index contributed by atoms with van der Waals surface area (Å²) in [6, 6.07) is 1.71. The Morgan fingerprint density at radius 2 is 2.00 bits per heavy atom. The van der Waals surface area contributed by atoms with Crippen LogP contribution < -0.4 is 5.56 Å². The predicted octanol–water partition coefficient (Wildman–Crippen LogP) is 0.845. The molecule has 2 aromatic rings. The lowest BCUT2D eigenvalue weighted by atomic mass is 10.2. The highest BCUT2D eigenvalue weighted by Gasteiger charge is 2.22. The number of aromatic amines is 1. The number of esters is 1. The van der Waals surface area contributed by atoms with E-state index < -0.39 is 39.2 Å². The third-order valence-corrected chi connectivity index (χ3v) is 2.86. The van der Waals surface area contributed by atoms with Crippen molar-refractivity contribution in [2.45, 2.75) is 13.3 Å². The van der Waals surface area contributed by atoms with Crippen LogP contribution in [0.2, 0.25) is 0 Å². The van der Waals surface area contributed by atoms with Crippen molar-refractivity contribution in [1.82, 2.24) is 9.97 Å². The maximum absolute atomic E-state index is 11.9. The number of hydrogen-bond donors (Lipinski definition) is 1. The number of ether oxygens (including phenoxy) is 1. The minimum atomic E-state index is -0.863. The molecule has 23 heavy (non-hydrogen) atoms. The highest BCUT2D eigenvalue weighted by Crippen LogP contribution is 2.27. The van der Waals surface area contributed by atoms with Crippen LogP contribution >= 0.6 is 0 Å². The number of nitro groups is 2. The van der Waals surface area contributed by atoms with Crippen molar-refractivity contribution in [3.63, 3.8) is 0 Å². The first-order valence-electron chi connectivity index (χ1n) is 6.34. The lowest BCUT2D eigenvalue weighted by Gasteiger charge is -2.04. The number of hydrogen-bond acceptors (Lipinski definition) is 8. The Bertz CT molecular complexity index is 874. The van der Waals surface area contributed by atoms with Gasteiger partial charge in [-0.2, -0.15) is 0 Å². The minimum Gasteiger partial charge on any atom is -0.466 e. The van der Waals surface area contributed by atoms with Gasteiger partial charge in [-0.15, -0.1) is 0 Å². The zero-order chi connectivity index (χ0) is 17.1. The van der Waals surface area contributed by atoms with Gasteiger partial charge >= 0.3 is 11.7 Å². The molecule has 0 saturated heterocycles. The van der Waals surface area contributed by atoms with Gasteiger partial charge in [0.25, 0.3) is 11.2 Å². The lowest BCUT2D eigenvalue weighted by Crippen LogP contribution is -2.20. The monoisotopic (exact) mass is 322 g/mol. The Hall–Kier alpha value is -3.37. The van der Waals surface area contributed by atoms with E-state index in [4.69, 9.17) is 0 Å². The van der Waals surface area contributed by atoms with E-state index in [0.717, 1.165) is 12.1 Å². The number of carbonyl (C=O) groups excluding carboxylic acids is 1. The van der Waals surface area contributed by atoms with Gasteiger partial charge in [0.1, 0.15) is 16.7 Å². The van der Waals surface area contributed by atoms with Gasteiger partial charge in [-0.25, -0.2) is 4.98 Å². The standard InChI is InChI=1S/C12H10N4O7/c1-2-23-10(17)5-8-12(18)14-11-7(13-8)3-6(15(19)20)4-9(11)16(21)22/h3-4H,2,5H2,1H3,(H,14,18). The van der Waals surface area contributed by atoms with E-state index in [2.05, 4.69) is 14.7 Å². The van der Waals surface area contributed by atoms with E-state index in [-0.39, 0.29) is 23.3 Å². The van der Waals surface area contributed by atoms with Gasteiger partial charge in [-0.05, 0) is 6.92 Å². The molecule has 0 aliphatic carbocycles. The molecule has 11 nitrogen and oxygen atoms in total. The molecular weight excluding hydrogens is 312 g/mol. The average Bonchev–Trinajstić information content (AvgIpc) is 2.47. The smallest absolute Gasteiger partial charge is 0.312 e. The van der Waals surface area contributed by atoms with E-state index in [1.807, 2.05) is 0 Å². The van der Waals surface area contributed by atoms with Crippen molar-refractivity contribution in [1.29, 1.82) is 0 Å². The third-order valence-electron chi connectivity index (χ3n) is 2.86. The van der Waals surface area contributed by atoms with E-state index in [1.54, 1.807) is 6.92 Å². The number of non-ortho nitro benzene ring substituents is 2. The van der Waals surface area contributed by atoms with Crippen molar-refractivity contribution in [3.05, 3.63) is 48.4 Å². The van der Waals surface area contributed by atoms with Crippen molar-refractivity contribution >= 4 is 28.4 Å². The third kappa shape index (κ3) is 3.28. The number of carbonyl (C=O) groups is 1. The highest BCUT2D eigenvalue weighted by atomic mass is 16.6. The second kappa shape index (κ2) is 6.17. The zero-order valence-electron chi connectivity index (χ0n) is 11.8. The Kier molecular flexibility index (Phi) is 4.30. The Balaban J connectivity index is 2.65. The first-order chi connectivity index (χ1) is 10.8. The SMILES string of the molecule is CCOC(=O)Cc1nc2cc([N+](=O)[O-])cc([N+](=O)[O-])c2[nH]c1=O. The molecular formula is C12H10N4O7. The van der Waals surface area contributed by atoms with Crippen LogP contribution in [-0.4, -0.2) is 32.4 Å². The molecule has 11 heteroatoms. The summed E-state index contributed by atoms with van der Waals surface area (Å²) in [4.78, 5) is 49.5. The van der Waals surface area contributed by atoms with Gasteiger partial charge in [0.05, 0.1) is 28.9 Å². The predicted molar refractivity (Wildman–Crippen MR) is 76.0 cm³/mol. The van der Waals surface area contributed by atoms with Crippen molar-refractivity contribution in [3.8, 4) is 0 Å². The van der Waals surface area contributed by atoms with Crippen LogP contribution in [0.5, 0.6) is 0 Å². The fraction of sp³-hybridized carbons (Fsp3) is 0.250. The first kappa shape index (κ1) is 16.0. The van der Waals surface area contributed by atoms with Crippen LogP contribution in [0.15, 0.2) is 16.9 Å². The molecule has 0 fully saturated rings. The molecule has 0 radical (unpaired) electrons. The zero-order valence-corrected chi connectivity index (χ0v) is 11.8. The molecule has 0 bridgehead atoms. The molecule has 1 aromatic heterocycles. The van der Waals surface area contributed by atoms with Crippen LogP contribution in [0.25, 0.3) is 11.0 Å². The van der Waals surface area contributed by atoms with Crippen molar-refractivity contribution in [2.75, 3.05) is 6.61 Å². The topological polar surface area (TPSA) is 158 Å².